The summed E-state index contributed by atoms with van der Waals surface area (Å²) in [6.07, 6.45) is 7.70. The van der Waals surface area contributed by atoms with Gasteiger partial charge < -0.3 is 15.2 Å². The van der Waals surface area contributed by atoms with Crippen LogP contribution in [-0.4, -0.2) is 30.2 Å². The van der Waals surface area contributed by atoms with Crippen LogP contribution < -0.4 is 5.73 Å². The van der Waals surface area contributed by atoms with Gasteiger partial charge in [-0.1, -0.05) is 39.5 Å². The van der Waals surface area contributed by atoms with E-state index in [1.165, 1.54) is 0 Å². The predicted molar refractivity (Wildman–Crippen MR) is 96.8 cm³/mol. The van der Waals surface area contributed by atoms with Crippen LogP contribution in [0.4, 0.5) is 0 Å². The standard InChI is InChI=1S/C20H35NO4/c1-13(2)11-12-15-9-6-10-17(21)20(23)24-14(3)18(15)25-19(22)16-7-4-5-8-16/h13-18H,4-12,21H2,1-3H3/t14-,15+,17-,18-/m0/s1. The average molecular weight is 354 g/mol. The van der Waals surface area contributed by atoms with Crippen LogP contribution in [0.15, 0.2) is 0 Å². The van der Waals surface area contributed by atoms with E-state index in [1.54, 1.807) is 0 Å². The van der Waals surface area contributed by atoms with Crippen molar-refractivity contribution in [1.29, 1.82) is 0 Å². The van der Waals surface area contributed by atoms with Gasteiger partial charge in [-0.05, 0) is 50.9 Å². The first-order chi connectivity index (χ1) is 11.9. The summed E-state index contributed by atoms with van der Waals surface area (Å²) in [5.41, 5.74) is 5.91. The minimum atomic E-state index is -0.572. The topological polar surface area (TPSA) is 78.6 Å². The van der Waals surface area contributed by atoms with Gasteiger partial charge in [-0.3, -0.25) is 9.59 Å². The highest BCUT2D eigenvalue weighted by atomic mass is 16.6. The molecule has 2 rings (SSSR count). The second kappa shape index (κ2) is 9.56. The second-order valence-electron chi connectivity index (χ2n) is 8.29. The summed E-state index contributed by atoms with van der Waals surface area (Å²) in [6.45, 7) is 6.24. The fourth-order valence-corrected chi connectivity index (χ4v) is 4.04. The first-order valence-corrected chi connectivity index (χ1v) is 10.0. The molecule has 4 atom stereocenters. The average Bonchev–Trinajstić information content (AvgIpc) is 3.09. The lowest BCUT2D eigenvalue weighted by Gasteiger charge is -2.32. The summed E-state index contributed by atoms with van der Waals surface area (Å²) >= 11 is 0. The molecule has 0 aromatic carbocycles. The summed E-state index contributed by atoms with van der Waals surface area (Å²) < 4.78 is 11.5. The zero-order valence-corrected chi connectivity index (χ0v) is 16.0. The van der Waals surface area contributed by atoms with Crippen LogP contribution in [0.3, 0.4) is 0 Å². The Balaban J connectivity index is 2.11. The van der Waals surface area contributed by atoms with Crippen LogP contribution in [0.25, 0.3) is 0 Å². The Labute approximate surface area is 152 Å². The largest absolute Gasteiger partial charge is 0.458 e. The number of ether oxygens (including phenoxy) is 2. The molecule has 1 saturated carbocycles. The Kier molecular flexibility index (Phi) is 7.73. The third-order valence-electron chi connectivity index (χ3n) is 5.68. The van der Waals surface area contributed by atoms with Crippen LogP contribution in [0.2, 0.25) is 0 Å². The Morgan fingerprint density at radius 3 is 2.52 bits per heavy atom. The molecule has 5 heteroatoms. The van der Waals surface area contributed by atoms with E-state index in [-0.39, 0.29) is 29.9 Å². The lowest BCUT2D eigenvalue weighted by molar-refractivity contribution is -0.174. The van der Waals surface area contributed by atoms with Crippen molar-refractivity contribution in [3.05, 3.63) is 0 Å². The van der Waals surface area contributed by atoms with Gasteiger partial charge in [0.05, 0.1) is 5.92 Å². The number of rotatable bonds is 5. The molecule has 1 aliphatic carbocycles. The molecule has 144 valence electrons. The van der Waals surface area contributed by atoms with Crippen molar-refractivity contribution >= 4 is 11.9 Å². The molecule has 0 unspecified atom stereocenters. The molecule has 5 nitrogen and oxygen atoms in total. The van der Waals surface area contributed by atoms with Crippen LogP contribution in [0.5, 0.6) is 0 Å². The number of hydrogen-bond donors (Lipinski definition) is 1. The minimum Gasteiger partial charge on any atom is -0.458 e. The SMILES string of the molecule is CC(C)CC[C@H]1CCC[C@H](N)C(=O)O[C@@H](C)[C@@H]1OC(=O)C1CCCC1. The van der Waals surface area contributed by atoms with Gasteiger partial charge in [-0.15, -0.1) is 0 Å². The molecule has 1 aliphatic heterocycles. The lowest BCUT2D eigenvalue weighted by Crippen LogP contribution is -2.42. The van der Waals surface area contributed by atoms with Gasteiger partial charge in [0.1, 0.15) is 18.2 Å². The van der Waals surface area contributed by atoms with Gasteiger partial charge in [0.25, 0.3) is 0 Å². The third-order valence-corrected chi connectivity index (χ3v) is 5.68. The van der Waals surface area contributed by atoms with Crippen molar-refractivity contribution in [1.82, 2.24) is 0 Å². The number of cyclic esters (lactones) is 1. The van der Waals surface area contributed by atoms with E-state index in [2.05, 4.69) is 13.8 Å². The Morgan fingerprint density at radius 2 is 1.88 bits per heavy atom. The van der Waals surface area contributed by atoms with E-state index in [0.717, 1.165) is 51.4 Å². The Morgan fingerprint density at radius 1 is 1.20 bits per heavy atom. The van der Waals surface area contributed by atoms with Crippen LogP contribution in [0.1, 0.15) is 78.6 Å². The van der Waals surface area contributed by atoms with Crippen molar-refractivity contribution in [3.8, 4) is 0 Å². The predicted octanol–water partition coefficient (Wildman–Crippen LogP) is 3.58. The van der Waals surface area contributed by atoms with Crippen molar-refractivity contribution in [3.63, 3.8) is 0 Å². The summed E-state index contributed by atoms with van der Waals surface area (Å²) in [5, 5.41) is 0. The maximum absolute atomic E-state index is 12.6. The zero-order chi connectivity index (χ0) is 18.4. The maximum atomic E-state index is 12.6. The monoisotopic (exact) mass is 353 g/mol. The van der Waals surface area contributed by atoms with Gasteiger partial charge in [-0.25, -0.2) is 0 Å². The van der Waals surface area contributed by atoms with Gasteiger partial charge in [-0.2, -0.15) is 0 Å². The summed E-state index contributed by atoms with van der Waals surface area (Å²) in [6, 6.07) is -0.572. The molecule has 2 fully saturated rings. The fraction of sp³-hybridized carbons (Fsp3) is 0.900. The first kappa shape index (κ1) is 20.2. The molecular weight excluding hydrogens is 318 g/mol. The van der Waals surface area contributed by atoms with Gasteiger partial charge in [0.2, 0.25) is 0 Å². The quantitative estimate of drug-likeness (QED) is 0.764. The number of esters is 2. The molecule has 0 amide bonds. The van der Waals surface area contributed by atoms with Crippen molar-refractivity contribution in [2.75, 3.05) is 0 Å². The highest BCUT2D eigenvalue weighted by Gasteiger charge is 2.37. The molecule has 0 aromatic rings. The number of carbonyl (C=O) groups excluding carboxylic acids is 2. The maximum Gasteiger partial charge on any atom is 0.323 e. The highest BCUT2D eigenvalue weighted by molar-refractivity contribution is 5.76. The molecule has 2 N–H and O–H groups in total. The molecular formula is C20H35NO4. The molecule has 1 heterocycles. The number of hydrogen-bond acceptors (Lipinski definition) is 5. The summed E-state index contributed by atoms with van der Waals surface area (Å²) in [4.78, 5) is 24.7. The van der Waals surface area contributed by atoms with Crippen molar-refractivity contribution < 1.29 is 19.1 Å². The van der Waals surface area contributed by atoms with E-state index in [1.807, 2.05) is 6.92 Å². The highest BCUT2D eigenvalue weighted by Crippen LogP contribution is 2.32. The van der Waals surface area contributed by atoms with Gasteiger partial charge in [0, 0.05) is 0 Å². The molecule has 0 bridgehead atoms. The van der Waals surface area contributed by atoms with Crippen LogP contribution in [0, 0.1) is 17.8 Å². The van der Waals surface area contributed by atoms with E-state index in [0.29, 0.717) is 12.3 Å². The van der Waals surface area contributed by atoms with E-state index in [4.69, 9.17) is 15.2 Å². The van der Waals surface area contributed by atoms with Crippen LogP contribution >= 0.6 is 0 Å². The normalized spacial score (nSPS) is 32.0. The van der Waals surface area contributed by atoms with Crippen molar-refractivity contribution in [2.45, 2.75) is 96.8 Å². The molecule has 0 spiro atoms. The van der Waals surface area contributed by atoms with Crippen molar-refractivity contribution in [2.24, 2.45) is 23.5 Å². The summed E-state index contributed by atoms with van der Waals surface area (Å²) in [7, 11) is 0. The summed E-state index contributed by atoms with van der Waals surface area (Å²) in [5.74, 6) is 0.353. The van der Waals surface area contributed by atoms with Gasteiger partial charge in [0.15, 0.2) is 0 Å². The third kappa shape index (κ3) is 5.98. The molecule has 25 heavy (non-hydrogen) atoms. The second-order valence-corrected chi connectivity index (χ2v) is 8.29. The van der Waals surface area contributed by atoms with E-state index >= 15 is 0 Å². The van der Waals surface area contributed by atoms with Gasteiger partial charge >= 0.3 is 11.9 Å². The molecule has 2 aliphatic rings. The van der Waals surface area contributed by atoms with E-state index < -0.39 is 12.1 Å². The molecule has 1 saturated heterocycles. The first-order valence-electron chi connectivity index (χ1n) is 10.0. The zero-order valence-electron chi connectivity index (χ0n) is 16.0. The van der Waals surface area contributed by atoms with E-state index in [9.17, 15) is 9.59 Å². The molecule has 0 radical (unpaired) electrons. The fourth-order valence-electron chi connectivity index (χ4n) is 4.04. The minimum absolute atomic E-state index is 0.0172. The lowest BCUT2D eigenvalue weighted by atomic mass is 9.86. The smallest absolute Gasteiger partial charge is 0.323 e. The number of nitrogens with two attached hydrogens (primary N) is 1. The Hall–Kier alpha value is -1.10. The van der Waals surface area contributed by atoms with Crippen LogP contribution in [-0.2, 0) is 19.1 Å². The number of carbonyl (C=O) groups is 2. The molecule has 0 aromatic heterocycles. The Bertz CT molecular complexity index is 445.